The Kier molecular flexibility index (Phi) is 4.64. The minimum atomic E-state index is -0.415. The first-order chi connectivity index (χ1) is 11.0. The van der Waals surface area contributed by atoms with Crippen LogP contribution < -0.4 is 5.32 Å². The molecule has 5 heteroatoms. The zero-order chi connectivity index (χ0) is 16.4. The van der Waals surface area contributed by atoms with Crippen LogP contribution in [0.4, 0.5) is 5.69 Å². The fourth-order valence-electron chi connectivity index (χ4n) is 4.27. The summed E-state index contributed by atoms with van der Waals surface area (Å²) in [6.07, 6.45) is 8.69. The normalized spacial score (nSPS) is 27.1. The summed E-state index contributed by atoms with van der Waals surface area (Å²) in [4.78, 5) is 22.9. The molecule has 0 bridgehead atoms. The number of aryl methyl sites for hydroxylation is 1. The van der Waals surface area contributed by atoms with E-state index in [0.29, 0.717) is 11.1 Å². The fraction of sp³-hybridized carbons (Fsp3) is 0.611. The van der Waals surface area contributed by atoms with E-state index in [1.54, 1.807) is 19.1 Å². The molecule has 0 aliphatic heterocycles. The third-order valence-electron chi connectivity index (χ3n) is 5.53. The monoisotopic (exact) mass is 316 g/mol. The Hall–Kier alpha value is -1.91. The van der Waals surface area contributed by atoms with Crippen LogP contribution in [0.1, 0.15) is 60.9 Å². The van der Waals surface area contributed by atoms with Crippen LogP contribution in [-0.4, -0.2) is 16.9 Å². The van der Waals surface area contributed by atoms with E-state index in [0.717, 1.165) is 24.7 Å². The average Bonchev–Trinajstić information content (AvgIpc) is 2.54. The van der Waals surface area contributed by atoms with E-state index in [2.05, 4.69) is 5.32 Å². The predicted molar refractivity (Wildman–Crippen MR) is 88.4 cm³/mol. The first kappa shape index (κ1) is 16.0. The number of carbonyl (C=O) groups is 1. The number of nitro benzene ring substituents is 1. The molecule has 124 valence electrons. The Balaban J connectivity index is 1.63. The molecule has 3 atom stereocenters. The van der Waals surface area contributed by atoms with Gasteiger partial charge in [-0.1, -0.05) is 25.7 Å². The Labute approximate surface area is 136 Å². The predicted octanol–water partition coefficient (Wildman–Crippen LogP) is 3.99. The second kappa shape index (κ2) is 6.69. The van der Waals surface area contributed by atoms with Gasteiger partial charge in [-0.25, -0.2) is 0 Å². The summed E-state index contributed by atoms with van der Waals surface area (Å²) in [5.41, 5.74) is 1.10. The van der Waals surface area contributed by atoms with Crippen molar-refractivity contribution in [2.45, 2.75) is 57.9 Å². The number of carbonyl (C=O) groups excluding carboxylic acids is 1. The van der Waals surface area contributed by atoms with Crippen LogP contribution in [0.2, 0.25) is 0 Å². The number of nitrogens with zero attached hydrogens (tertiary/aromatic N) is 1. The maximum Gasteiger partial charge on any atom is 0.272 e. The second-order valence-corrected chi connectivity index (χ2v) is 7.05. The molecule has 0 aromatic heterocycles. The highest BCUT2D eigenvalue weighted by atomic mass is 16.6. The van der Waals surface area contributed by atoms with Crippen molar-refractivity contribution < 1.29 is 9.72 Å². The Bertz CT molecular complexity index is 614. The zero-order valence-electron chi connectivity index (χ0n) is 13.6. The lowest BCUT2D eigenvalue weighted by molar-refractivity contribution is -0.385. The van der Waals surface area contributed by atoms with E-state index < -0.39 is 4.92 Å². The summed E-state index contributed by atoms with van der Waals surface area (Å²) < 4.78 is 0. The van der Waals surface area contributed by atoms with Gasteiger partial charge in [0.05, 0.1) is 4.92 Å². The lowest BCUT2D eigenvalue weighted by Gasteiger charge is -2.39. The molecule has 1 N–H and O–H groups in total. The van der Waals surface area contributed by atoms with Crippen LogP contribution >= 0.6 is 0 Å². The van der Waals surface area contributed by atoms with E-state index in [1.807, 2.05) is 0 Å². The van der Waals surface area contributed by atoms with Crippen LogP contribution in [0.5, 0.6) is 0 Å². The van der Waals surface area contributed by atoms with Crippen LogP contribution in [0, 0.1) is 28.9 Å². The highest BCUT2D eigenvalue weighted by Crippen LogP contribution is 2.40. The van der Waals surface area contributed by atoms with Gasteiger partial charge in [0.1, 0.15) is 0 Å². The number of benzene rings is 1. The average molecular weight is 316 g/mol. The molecule has 2 aliphatic rings. The molecule has 2 saturated carbocycles. The van der Waals surface area contributed by atoms with Gasteiger partial charge in [-0.15, -0.1) is 0 Å². The highest BCUT2D eigenvalue weighted by molar-refractivity contribution is 5.94. The molecule has 3 rings (SSSR count). The van der Waals surface area contributed by atoms with Gasteiger partial charge in [-0.2, -0.15) is 0 Å². The SMILES string of the molecule is Cc1cc(C(=O)N[C@@H]2CC[C@H]3CCCC[C@@H]3C2)ccc1[N+](=O)[O-]. The molecule has 0 spiro atoms. The van der Waals surface area contributed by atoms with E-state index in [9.17, 15) is 14.9 Å². The number of nitrogens with one attached hydrogen (secondary N) is 1. The molecule has 0 heterocycles. The van der Waals surface area contributed by atoms with E-state index in [1.165, 1.54) is 38.2 Å². The van der Waals surface area contributed by atoms with Crippen molar-refractivity contribution in [2.24, 2.45) is 11.8 Å². The van der Waals surface area contributed by atoms with Crippen LogP contribution in [-0.2, 0) is 0 Å². The largest absolute Gasteiger partial charge is 0.349 e. The van der Waals surface area contributed by atoms with Gasteiger partial charge in [-0.3, -0.25) is 14.9 Å². The summed E-state index contributed by atoms with van der Waals surface area (Å²) in [5.74, 6) is 1.52. The molecule has 1 aromatic rings. The van der Waals surface area contributed by atoms with E-state index >= 15 is 0 Å². The summed E-state index contributed by atoms with van der Waals surface area (Å²) in [7, 11) is 0. The van der Waals surface area contributed by atoms with Gasteiger partial charge in [0.2, 0.25) is 0 Å². The van der Waals surface area contributed by atoms with Crippen molar-refractivity contribution in [3.8, 4) is 0 Å². The Morgan fingerprint density at radius 2 is 1.91 bits per heavy atom. The molecule has 2 aliphatic carbocycles. The fourth-order valence-corrected chi connectivity index (χ4v) is 4.27. The van der Waals surface area contributed by atoms with Crippen molar-refractivity contribution >= 4 is 11.6 Å². The minimum Gasteiger partial charge on any atom is -0.349 e. The Morgan fingerprint density at radius 3 is 2.61 bits per heavy atom. The molecule has 1 amide bonds. The molecule has 0 unspecified atom stereocenters. The molecule has 5 nitrogen and oxygen atoms in total. The van der Waals surface area contributed by atoms with E-state index in [4.69, 9.17) is 0 Å². The summed E-state index contributed by atoms with van der Waals surface area (Å²) in [6, 6.07) is 4.83. The van der Waals surface area contributed by atoms with Gasteiger partial charge >= 0.3 is 0 Å². The summed E-state index contributed by atoms with van der Waals surface area (Å²) >= 11 is 0. The van der Waals surface area contributed by atoms with Crippen molar-refractivity contribution in [3.05, 3.63) is 39.4 Å². The van der Waals surface area contributed by atoms with Gasteiger partial charge < -0.3 is 5.32 Å². The number of hydrogen-bond donors (Lipinski definition) is 1. The number of hydrogen-bond acceptors (Lipinski definition) is 3. The number of amides is 1. The number of fused-ring (bicyclic) bond motifs is 1. The maximum absolute atomic E-state index is 12.4. The van der Waals surface area contributed by atoms with Gasteiger partial charge in [0.25, 0.3) is 11.6 Å². The first-order valence-electron chi connectivity index (χ1n) is 8.60. The van der Waals surface area contributed by atoms with Crippen molar-refractivity contribution in [2.75, 3.05) is 0 Å². The van der Waals surface area contributed by atoms with Crippen LogP contribution in [0.15, 0.2) is 18.2 Å². The van der Waals surface area contributed by atoms with Gasteiger partial charge in [-0.05, 0) is 50.2 Å². The molecule has 23 heavy (non-hydrogen) atoms. The zero-order valence-corrected chi connectivity index (χ0v) is 13.6. The lowest BCUT2D eigenvalue weighted by Crippen LogP contribution is -2.41. The number of nitro groups is 1. The number of rotatable bonds is 3. The van der Waals surface area contributed by atoms with E-state index in [-0.39, 0.29) is 17.6 Å². The highest BCUT2D eigenvalue weighted by Gasteiger charge is 2.32. The van der Waals surface area contributed by atoms with Crippen molar-refractivity contribution in [1.82, 2.24) is 5.32 Å². The molecular formula is C18H24N2O3. The van der Waals surface area contributed by atoms with Crippen molar-refractivity contribution in [3.63, 3.8) is 0 Å². The maximum atomic E-state index is 12.4. The van der Waals surface area contributed by atoms with Crippen LogP contribution in [0.25, 0.3) is 0 Å². The second-order valence-electron chi connectivity index (χ2n) is 7.05. The molecular weight excluding hydrogens is 292 g/mol. The Morgan fingerprint density at radius 1 is 1.17 bits per heavy atom. The molecule has 0 saturated heterocycles. The quantitative estimate of drug-likeness (QED) is 0.677. The standard InChI is InChI=1S/C18H24N2O3/c1-12-10-15(7-9-17(12)20(22)23)18(21)19-16-8-6-13-4-2-3-5-14(13)11-16/h7,9-10,13-14,16H,2-6,8,11H2,1H3,(H,19,21)/t13-,14-,16-/m1/s1. The summed E-state index contributed by atoms with van der Waals surface area (Å²) in [6.45, 7) is 1.67. The van der Waals surface area contributed by atoms with Gasteiger partial charge in [0.15, 0.2) is 0 Å². The smallest absolute Gasteiger partial charge is 0.272 e. The topological polar surface area (TPSA) is 72.2 Å². The van der Waals surface area contributed by atoms with Gasteiger partial charge in [0, 0.05) is 23.2 Å². The lowest BCUT2D eigenvalue weighted by atomic mass is 9.69. The third kappa shape index (κ3) is 3.54. The minimum absolute atomic E-state index is 0.0595. The molecule has 1 aromatic carbocycles. The summed E-state index contributed by atoms with van der Waals surface area (Å²) in [5, 5.41) is 14.0. The first-order valence-corrected chi connectivity index (χ1v) is 8.60. The molecule has 0 radical (unpaired) electrons. The third-order valence-corrected chi connectivity index (χ3v) is 5.53. The van der Waals surface area contributed by atoms with Crippen molar-refractivity contribution in [1.29, 1.82) is 0 Å². The van der Waals surface area contributed by atoms with Crippen LogP contribution in [0.3, 0.4) is 0 Å². The molecule has 2 fully saturated rings.